The summed E-state index contributed by atoms with van der Waals surface area (Å²) in [4.78, 5) is 19.8. The van der Waals surface area contributed by atoms with Gasteiger partial charge in [-0.1, -0.05) is 18.2 Å². The Labute approximate surface area is 177 Å². The van der Waals surface area contributed by atoms with Gasteiger partial charge in [0.05, 0.1) is 11.6 Å². The minimum atomic E-state index is 0.0931. The van der Waals surface area contributed by atoms with Gasteiger partial charge in [-0.25, -0.2) is 0 Å². The Morgan fingerprint density at radius 3 is 2.73 bits per heavy atom. The van der Waals surface area contributed by atoms with Crippen LogP contribution in [0.5, 0.6) is 0 Å². The number of aromatic nitrogens is 1. The van der Waals surface area contributed by atoms with Crippen LogP contribution in [0, 0.1) is 24.2 Å². The summed E-state index contributed by atoms with van der Waals surface area (Å²) in [5.41, 5.74) is 3.54. The van der Waals surface area contributed by atoms with Crippen LogP contribution in [0.1, 0.15) is 52.7 Å². The van der Waals surface area contributed by atoms with Crippen molar-refractivity contribution < 1.29 is 4.79 Å². The molecule has 5 rings (SSSR count). The van der Waals surface area contributed by atoms with Crippen molar-refractivity contribution in [3.63, 3.8) is 0 Å². The lowest BCUT2D eigenvalue weighted by Crippen LogP contribution is -2.47. The van der Waals surface area contributed by atoms with Crippen molar-refractivity contribution in [3.8, 4) is 6.07 Å². The molecule has 2 unspecified atom stereocenters. The zero-order valence-corrected chi connectivity index (χ0v) is 17.2. The van der Waals surface area contributed by atoms with Crippen molar-refractivity contribution >= 4 is 16.7 Å². The minimum Gasteiger partial charge on any atom is -0.333 e. The second kappa shape index (κ2) is 7.57. The number of nitrogens with zero attached hydrogens (tertiary/aromatic N) is 3. The maximum atomic E-state index is 13.3. The van der Waals surface area contributed by atoms with Crippen molar-refractivity contribution in [2.24, 2.45) is 5.92 Å². The minimum absolute atomic E-state index is 0.0931. The number of nitriles is 1. The molecule has 2 aliphatic rings. The molecular formula is C26H25N3O. The van der Waals surface area contributed by atoms with Crippen LogP contribution in [0.2, 0.25) is 0 Å². The van der Waals surface area contributed by atoms with E-state index in [1.165, 1.54) is 16.3 Å². The third-order valence-corrected chi connectivity index (χ3v) is 6.80. The summed E-state index contributed by atoms with van der Waals surface area (Å²) in [6, 6.07) is 16.8. The molecule has 0 saturated carbocycles. The molecule has 2 saturated heterocycles. The van der Waals surface area contributed by atoms with Gasteiger partial charge >= 0.3 is 0 Å². The molecule has 3 heterocycles. The first-order valence-electron chi connectivity index (χ1n) is 10.8. The second-order valence-electron chi connectivity index (χ2n) is 8.85. The van der Waals surface area contributed by atoms with Crippen molar-refractivity contribution in [2.45, 2.75) is 51.1 Å². The van der Waals surface area contributed by atoms with E-state index in [1.807, 2.05) is 31.5 Å². The monoisotopic (exact) mass is 395 g/mol. The van der Waals surface area contributed by atoms with E-state index in [0.717, 1.165) is 37.7 Å². The SMILES string of the molecule is Cc1cc(C#N)cc(C(=O)N2C3CCC2CC(Cc2cccc4ccncc24)C3)c1. The average Bonchev–Trinajstić information content (AvgIpc) is 3.03. The van der Waals surface area contributed by atoms with E-state index in [2.05, 4.69) is 40.2 Å². The maximum absolute atomic E-state index is 13.3. The zero-order valence-electron chi connectivity index (χ0n) is 17.2. The van der Waals surface area contributed by atoms with Gasteiger partial charge in [0.2, 0.25) is 0 Å². The molecule has 0 aliphatic carbocycles. The lowest BCUT2D eigenvalue weighted by Gasteiger charge is -2.39. The quantitative estimate of drug-likeness (QED) is 0.624. The van der Waals surface area contributed by atoms with E-state index in [9.17, 15) is 10.1 Å². The molecule has 0 radical (unpaired) electrons. The lowest BCUT2D eigenvalue weighted by atomic mass is 9.84. The van der Waals surface area contributed by atoms with Gasteiger partial charge in [0.15, 0.2) is 0 Å². The van der Waals surface area contributed by atoms with Gasteiger partial charge in [0, 0.05) is 35.4 Å². The molecule has 3 aromatic rings. The number of aryl methyl sites for hydroxylation is 1. The number of carbonyl (C=O) groups excluding carboxylic acids is 1. The van der Waals surface area contributed by atoms with E-state index >= 15 is 0 Å². The summed E-state index contributed by atoms with van der Waals surface area (Å²) < 4.78 is 0. The van der Waals surface area contributed by atoms with Crippen LogP contribution in [0.15, 0.2) is 54.9 Å². The van der Waals surface area contributed by atoms with Crippen LogP contribution >= 0.6 is 0 Å². The van der Waals surface area contributed by atoms with Crippen LogP contribution in [0.4, 0.5) is 0 Å². The van der Waals surface area contributed by atoms with Crippen molar-refractivity contribution in [2.75, 3.05) is 0 Å². The standard InChI is InChI=1S/C26H25N3O/c1-17-9-19(15-27)12-22(10-17)26(30)29-23-5-6-24(29)14-18(13-23)11-21-4-2-3-20-7-8-28-16-25(20)21/h2-4,7-10,12,16,18,23-24H,5-6,11,13-14H2,1H3. The molecule has 0 N–H and O–H groups in total. The summed E-state index contributed by atoms with van der Waals surface area (Å²) in [5, 5.41) is 11.8. The summed E-state index contributed by atoms with van der Waals surface area (Å²) in [6.07, 6.45) is 9.14. The normalized spacial score (nSPS) is 22.8. The highest BCUT2D eigenvalue weighted by molar-refractivity contribution is 5.95. The molecule has 30 heavy (non-hydrogen) atoms. The Balaban J connectivity index is 1.36. The number of piperidine rings is 1. The molecule has 2 atom stereocenters. The smallest absolute Gasteiger partial charge is 0.254 e. The molecular weight excluding hydrogens is 370 g/mol. The van der Waals surface area contributed by atoms with E-state index in [1.54, 1.807) is 6.07 Å². The van der Waals surface area contributed by atoms with Crippen LogP contribution in [0.25, 0.3) is 10.8 Å². The summed E-state index contributed by atoms with van der Waals surface area (Å²) >= 11 is 0. The predicted molar refractivity (Wildman–Crippen MR) is 117 cm³/mol. The number of benzene rings is 2. The number of fused-ring (bicyclic) bond motifs is 3. The number of rotatable bonds is 3. The molecule has 2 aliphatic heterocycles. The zero-order chi connectivity index (χ0) is 20.7. The average molecular weight is 396 g/mol. The maximum Gasteiger partial charge on any atom is 0.254 e. The summed E-state index contributed by atoms with van der Waals surface area (Å²) in [7, 11) is 0. The number of amides is 1. The van der Waals surface area contributed by atoms with Crippen LogP contribution in [-0.4, -0.2) is 27.9 Å². The molecule has 0 spiro atoms. The highest BCUT2D eigenvalue weighted by Gasteiger charge is 2.43. The van der Waals surface area contributed by atoms with Crippen molar-refractivity contribution in [1.29, 1.82) is 5.26 Å². The van der Waals surface area contributed by atoms with E-state index in [-0.39, 0.29) is 5.91 Å². The Bertz CT molecular complexity index is 1140. The number of hydrogen-bond acceptors (Lipinski definition) is 3. The molecule has 150 valence electrons. The van der Waals surface area contributed by atoms with Gasteiger partial charge in [-0.05, 0) is 85.7 Å². The Hall–Kier alpha value is -3.19. The number of hydrogen-bond donors (Lipinski definition) is 0. The van der Waals surface area contributed by atoms with Crippen LogP contribution in [0.3, 0.4) is 0 Å². The Kier molecular flexibility index (Phi) is 4.75. The summed E-state index contributed by atoms with van der Waals surface area (Å²) in [6.45, 7) is 1.94. The van der Waals surface area contributed by atoms with Gasteiger partial charge < -0.3 is 4.90 Å². The van der Waals surface area contributed by atoms with Crippen LogP contribution < -0.4 is 0 Å². The fourth-order valence-corrected chi connectivity index (χ4v) is 5.57. The van der Waals surface area contributed by atoms with E-state index < -0.39 is 0 Å². The Morgan fingerprint density at radius 1 is 1.17 bits per heavy atom. The van der Waals surface area contributed by atoms with Crippen LogP contribution in [-0.2, 0) is 6.42 Å². The highest BCUT2D eigenvalue weighted by Crippen LogP contribution is 2.41. The second-order valence-corrected chi connectivity index (χ2v) is 8.85. The first-order valence-corrected chi connectivity index (χ1v) is 10.8. The fraction of sp³-hybridized carbons (Fsp3) is 0.346. The van der Waals surface area contributed by atoms with Gasteiger partial charge in [-0.2, -0.15) is 5.26 Å². The molecule has 1 amide bonds. The van der Waals surface area contributed by atoms with Gasteiger partial charge in [0.25, 0.3) is 5.91 Å². The molecule has 2 bridgehead atoms. The van der Waals surface area contributed by atoms with Gasteiger partial charge in [-0.15, -0.1) is 0 Å². The van der Waals surface area contributed by atoms with E-state index in [0.29, 0.717) is 29.1 Å². The first kappa shape index (κ1) is 18.8. The third kappa shape index (κ3) is 3.35. The third-order valence-electron chi connectivity index (χ3n) is 6.80. The highest BCUT2D eigenvalue weighted by atomic mass is 16.2. The molecule has 4 heteroatoms. The molecule has 1 aromatic heterocycles. The van der Waals surface area contributed by atoms with Crippen molar-refractivity contribution in [3.05, 3.63) is 77.1 Å². The Morgan fingerprint density at radius 2 is 1.97 bits per heavy atom. The topological polar surface area (TPSA) is 57.0 Å². The molecule has 2 aromatic carbocycles. The first-order chi connectivity index (χ1) is 14.6. The van der Waals surface area contributed by atoms with Gasteiger partial charge in [-0.3, -0.25) is 9.78 Å². The largest absolute Gasteiger partial charge is 0.333 e. The fourth-order valence-electron chi connectivity index (χ4n) is 5.57. The predicted octanol–water partition coefficient (Wildman–Crippen LogP) is 5.04. The number of pyridine rings is 1. The summed E-state index contributed by atoms with van der Waals surface area (Å²) in [5.74, 6) is 0.681. The van der Waals surface area contributed by atoms with E-state index in [4.69, 9.17) is 0 Å². The van der Waals surface area contributed by atoms with Gasteiger partial charge in [0.1, 0.15) is 0 Å². The molecule has 2 fully saturated rings. The molecule has 4 nitrogen and oxygen atoms in total. The lowest BCUT2D eigenvalue weighted by molar-refractivity contribution is 0.0524. The number of carbonyl (C=O) groups is 1. The van der Waals surface area contributed by atoms with Crippen molar-refractivity contribution in [1.82, 2.24) is 9.88 Å².